The summed E-state index contributed by atoms with van der Waals surface area (Å²) in [6, 6.07) is 8.41. The summed E-state index contributed by atoms with van der Waals surface area (Å²) in [7, 11) is 0. The molecule has 1 aromatic rings. The van der Waals surface area contributed by atoms with Gasteiger partial charge in [0.25, 0.3) is 0 Å². The predicted molar refractivity (Wildman–Crippen MR) is 61.3 cm³/mol. The van der Waals surface area contributed by atoms with E-state index in [1.807, 2.05) is 0 Å². The number of hydrogen-bond donors (Lipinski definition) is 0. The van der Waals surface area contributed by atoms with Crippen LogP contribution in [-0.2, 0) is 11.2 Å². The molecule has 1 fully saturated rings. The lowest BCUT2D eigenvalue weighted by atomic mass is 9.97. The van der Waals surface area contributed by atoms with Crippen molar-refractivity contribution in [1.29, 1.82) is 0 Å². The fourth-order valence-electron chi connectivity index (χ4n) is 1.93. The zero-order valence-electron chi connectivity index (χ0n) is 8.53. The summed E-state index contributed by atoms with van der Waals surface area (Å²) in [4.78, 5) is 0. The van der Waals surface area contributed by atoms with Crippen LogP contribution in [0.2, 0.25) is 0 Å². The molecule has 1 heterocycles. The number of rotatable bonds is 3. The first-order valence-corrected chi connectivity index (χ1v) is 5.86. The van der Waals surface area contributed by atoms with E-state index in [4.69, 9.17) is 4.74 Å². The van der Waals surface area contributed by atoms with Gasteiger partial charge in [-0.3, -0.25) is 0 Å². The van der Waals surface area contributed by atoms with E-state index in [9.17, 15) is 0 Å². The van der Waals surface area contributed by atoms with Crippen molar-refractivity contribution in [3.63, 3.8) is 0 Å². The van der Waals surface area contributed by atoms with Crippen LogP contribution in [0, 0.1) is 5.92 Å². The lowest BCUT2D eigenvalue weighted by molar-refractivity contribution is 0.328. The van der Waals surface area contributed by atoms with Crippen LogP contribution in [0.4, 0.5) is 0 Å². The summed E-state index contributed by atoms with van der Waals surface area (Å²) in [6.45, 7) is 4.40. The number of benzene rings is 1. The molecule has 0 radical (unpaired) electrons. The average Bonchev–Trinajstić information content (AvgIpc) is 2.87. The lowest BCUT2D eigenvalue weighted by Gasteiger charge is -2.09. The second-order valence-electron chi connectivity index (χ2n) is 4.08. The molecule has 0 N–H and O–H groups in total. The van der Waals surface area contributed by atoms with E-state index in [0.29, 0.717) is 18.1 Å². The molecule has 14 heavy (non-hydrogen) atoms. The lowest BCUT2D eigenvalue weighted by Crippen LogP contribution is -2.09. The Bertz CT molecular complexity index is 324. The van der Waals surface area contributed by atoms with Gasteiger partial charge < -0.3 is 4.74 Å². The number of ether oxygens (including phenoxy) is 1. The Labute approximate surface area is 93.6 Å². The highest BCUT2D eigenvalue weighted by atomic mass is 79.9. The predicted octanol–water partition coefficient (Wildman–Crippen LogP) is 3.42. The van der Waals surface area contributed by atoms with Crippen molar-refractivity contribution in [2.75, 3.05) is 0 Å². The molecule has 1 saturated heterocycles. The fourth-order valence-corrected chi connectivity index (χ4v) is 2.37. The second-order valence-corrected chi connectivity index (χ2v) is 4.93. The standard InChI is InChI=1S/C12H15BrO/c1-8(12-9(2)14-12)7-10-5-3-4-6-11(10)13/h3-6,8-9,12H,7H2,1-2H3. The maximum Gasteiger partial charge on any atom is 0.0867 e. The van der Waals surface area contributed by atoms with Crippen molar-refractivity contribution >= 4 is 15.9 Å². The first-order valence-electron chi connectivity index (χ1n) is 5.07. The van der Waals surface area contributed by atoms with Gasteiger partial charge in [-0.15, -0.1) is 0 Å². The Morgan fingerprint density at radius 2 is 2.07 bits per heavy atom. The highest BCUT2D eigenvalue weighted by Gasteiger charge is 2.38. The summed E-state index contributed by atoms with van der Waals surface area (Å²) in [5, 5.41) is 0. The van der Waals surface area contributed by atoms with Gasteiger partial charge in [-0.05, 0) is 30.9 Å². The third kappa shape index (κ3) is 2.18. The molecule has 76 valence electrons. The molecule has 1 aliphatic rings. The van der Waals surface area contributed by atoms with Crippen molar-refractivity contribution in [3.05, 3.63) is 34.3 Å². The van der Waals surface area contributed by atoms with Gasteiger partial charge in [0.15, 0.2) is 0 Å². The van der Waals surface area contributed by atoms with Crippen molar-refractivity contribution in [1.82, 2.24) is 0 Å². The molecule has 3 atom stereocenters. The van der Waals surface area contributed by atoms with E-state index >= 15 is 0 Å². The molecule has 3 unspecified atom stereocenters. The van der Waals surface area contributed by atoms with Crippen molar-refractivity contribution in [3.8, 4) is 0 Å². The van der Waals surface area contributed by atoms with Crippen LogP contribution in [-0.4, -0.2) is 12.2 Å². The Hall–Kier alpha value is -0.340. The zero-order chi connectivity index (χ0) is 10.1. The van der Waals surface area contributed by atoms with E-state index in [1.54, 1.807) is 0 Å². The summed E-state index contributed by atoms with van der Waals surface area (Å²) < 4.78 is 6.68. The summed E-state index contributed by atoms with van der Waals surface area (Å²) >= 11 is 3.57. The van der Waals surface area contributed by atoms with Crippen molar-refractivity contribution < 1.29 is 4.74 Å². The SMILES string of the molecule is CC(Cc1ccccc1Br)C1OC1C. The molecule has 1 aromatic carbocycles. The smallest absolute Gasteiger partial charge is 0.0867 e. The van der Waals surface area contributed by atoms with Gasteiger partial charge in [-0.1, -0.05) is 41.1 Å². The Morgan fingerprint density at radius 1 is 1.43 bits per heavy atom. The molecule has 0 spiro atoms. The summed E-state index contributed by atoms with van der Waals surface area (Å²) in [6.07, 6.45) is 2.03. The number of halogens is 1. The van der Waals surface area contributed by atoms with Gasteiger partial charge in [0.1, 0.15) is 0 Å². The van der Waals surface area contributed by atoms with Gasteiger partial charge >= 0.3 is 0 Å². The van der Waals surface area contributed by atoms with Crippen LogP contribution in [0.1, 0.15) is 19.4 Å². The third-order valence-corrected chi connectivity index (χ3v) is 3.59. The molecule has 0 aliphatic carbocycles. The molecule has 1 aliphatic heterocycles. The number of hydrogen-bond acceptors (Lipinski definition) is 1. The second kappa shape index (κ2) is 4.03. The van der Waals surface area contributed by atoms with Crippen LogP contribution < -0.4 is 0 Å². The quantitative estimate of drug-likeness (QED) is 0.754. The molecule has 0 bridgehead atoms. The Kier molecular flexibility index (Phi) is 2.93. The zero-order valence-corrected chi connectivity index (χ0v) is 10.1. The highest BCUT2D eigenvalue weighted by molar-refractivity contribution is 9.10. The molecule has 1 nitrogen and oxygen atoms in total. The van der Waals surface area contributed by atoms with Crippen LogP contribution in [0.15, 0.2) is 28.7 Å². The van der Waals surface area contributed by atoms with Gasteiger partial charge in [0.05, 0.1) is 12.2 Å². The minimum absolute atomic E-state index is 0.465. The monoisotopic (exact) mass is 254 g/mol. The van der Waals surface area contributed by atoms with Gasteiger partial charge in [-0.25, -0.2) is 0 Å². The first kappa shape index (κ1) is 10.2. The summed E-state index contributed by atoms with van der Waals surface area (Å²) in [5.41, 5.74) is 1.38. The van der Waals surface area contributed by atoms with Crippen molar-refractivity contribution in [2.45, 2.75) is 32.5 Å². The summed E-state index contributed by atoms with van der Waals surface area (Å²) in [5.74, 6) is 0.615. The molecular formula is C12H15BrO. The minimum Gasteiger partial charge on any atom is -0.370 e. The van der Waals surface area contributed by atoms with Crippen LogP contribution >= 0.6 is 15.9 Å². The molecule has 0 aromatic heterocycles. The minimum atomic E-state index is 0.465. The average molecular weight is 255 g/mol. The normalized spacial score (nSPS) is 27.4. The van der Waals surface area contributed by atoms with Crippen molar-refractivity contribution in [2.24, 2.45) is 5.92 Å². The van der Waals surface area contributed by atoms with Crippen LogP contribution in [0.5, 0.6) is 0 Å². The third-order valence-electron chi connectivity index (χ3n) is 2.82. The Morgan fingerprint density at radius 3 is 2.64 bits per heavy atom. The van der Waals surface area contributed by atoms with E-state index < -0.39 is 0 Å². The highest BCUT2D eigenvalue weighted by Crippen LogP contribution is 2.32. The fraction of sp³-hybridized carbons (Fsp3) is 0.500. The van der Waals surface area contributed by atoms with E-state index in [2.05, 4.69) is 54.0 Å². The maximum atomic E-state index is 5.48. The van der Waals surface area contributed by atoms with Crippen LogP contribution in [0.3, 0.4) is 0 Å². The molecule has 0 saturated carbocycles. The molecule has 0 amide bonds. The maximum absolute atomic E-state index is 5.48. The van der Waals surface area contributed by atoms with Gasteiger partial charge in [0.2, 0.25) is 0 Å². The van der Waals surface area contributed by atoms with Crippen LogP contribution in [0.25, 0.3) is 0 Å². The van der Waals surface area contributed by atoms with E-state index in [1.165, 1.54) is 10.0 Å². The molecular weight excluding hydrogens is 240 g/mol. The van der Waals surface area contributed by atoms with Gasteiger partial charge in [-0.2, -0.15) is 0 Å². The Balaban J connectivity index is 2.00. The van der Waals surface area contributed by atoms with E-state index in [0.717, 1.165) is 6.42 Å². The number of epoxide rings is 1. The van der Waals surface area contributed by atoms with Gasteiger partial charge in [0, 0.05) is 4.47 Å². The molecule has 2 heteroatoms. The largest absolute Gasteiger partial charge is 0.370 e. The first-order chi connectivity index (χ1) is 6.68. The topological polar surface area (TPSA) is 12.5 Å². The molecule has 2 rings (SSSR count). The van der Waals surface area contributed by atoms with E-state index in [-0.39, 0.29) is 0 Å².